The van der Waals surface area contributed by atoms with Crippen molar-refractivity contribution in [3.63, 3.8) is 0 Å². The van der Waals surface area contributed by atoms with Gasteiger partial charge in [-0.05, 0) is 18.6 Å². The van der Waals surface area contributed by atoms with Crippen LogP contribution >= 0.6 is 11.6 Å². The van der Waals surface area contributed by atoms with E-state index in [2.05, 4.69) is 4.98 Å². The third-order valence-corrected chi connectivity index (χ3v) is 2.66. The monoisotopic (exact) mass is 293 g/mol. The molecule has 0 amide bonds. The zero-order valence-electron chi connectivity index (χ0n) is 10.6. The second-order valence-electron chi connectivity index (χ2n) is 3.61. The molecule has 0 bridgehead atoms. The molecular weight excluding hydrogens is 280 g/mol. The van der Waals surface area contributed by atoms with Gasteiger partial charge >= 0.3 is 5.97 Å². The Morgan fingerprint density at radius 2 is 2.21 bits per heavy atom. The first-order chi connectivity index (χ1) is 9.03. The highest BCUT2D eigenvalue weighted by Crippen LogP contribution is 2.28. The molecule has 0 aromatic carbocycles. The maximum absolute atomic E-state index is 12.7. The number of methoxy groups -OCH3 is 1. The molecule has 0 aliphatic rings. The normalized spacial score (nSPS) is 10.6. The third kappa shape index (κ3) is 4.02. The van der Waals surface area contributed by atoms with Gasteiger partial charge in [0.15, 0.2) is 0 Å². The van der Waals surface area contributed by atoms with Crippen LogP contribution in [0.15, 0.2) is 6.07 Å². The second-order valence-corrected chi connectivity index (χ2v) is 3.88. The highest BCUT2D eigenvalue weighted by atomic mass is 35.5. The summed E-state index contributed by atoms with van der Waals surface area (Å²) in [6, 6.07) is 1.15. The molecule has 0 saturated carbocycles. The molecule has 0 spiro atoms. The molecule has 19 heavy (non-hydrogen) atoms. The number of aromatic nitrogens is 1. The van der Waals surface area contributed by atoms with Crippen molar-refractivity contribution in [2.75, 3.05) is 13.7 Å². The Kier molecular flexibility index (Phi) is 5.95. The van der Waals surface area contributed by atoms with E-state index < -0.39 is 18.1 Å². The standard InChI is InChI=1S/C12H14ClF2NO3/c1-3-19-10(17)5-7-4-9(11(14)15)16-12(18-2)8(7)6-13/h4,11H,3,5-6H2,1-2H3. The van der Waals surface area contributed by atoms with Gasteiger partial charge in [0.2, 0.25) is 5.88 Å². The maximum Gasteiger partial charge on any atom is 0.310 e. The summed E-state index contributed by atoms with van der Waals surface area (Å²) < 4.78 is 35.2. The summed E-state index contributed by atoms with van der Waals surface area (Å²) in [5.41, 5.74) is 0.308. The highest BCUT2D eigenvalue weighted by Gasteiger charge is 2.19. The van der Waals surface area contributed by atoms with E-state index in [1.54, 1.807) is 6.92 Å². The van der Waals surface area contributed by atoms with Crippen LogP contribution in [0.4, 0.5) is 8.78 Å². The number of esters is 1. The van der Waals surface area contributed by atoms with E-state index in [0.717, 1.165) is 6.07 Å². The van der Waals surface area contributed by atoms with E-state index in [1.165, 1.54) is 7.11 Å². The average Bonchev–Trinajstić information content (AvgIpc) is 2.37. The Morgan fingerprint density at radius 1 is 1.53 bits per heavy atom. The van der Waals surface area contributed by atoms with Crippen LogP contribution in [0, 0.1) is 0 Å². The molecule has 1 heterocycles. The van der Waals surface area contributed by atoms with Crippen molar-refractivity contribution >= 4 is 17.6 Å². The predicted octanol–water partition coefficient (Wildman–Crippen LogP) is 2.87. The Morgan fingerprint density at radius 3 is 2.68 bits per heavy atom. The van der Waals surface area contributed by atoms with E-state index >= 15 is 0 Å². The van der Waals surface area contributed by atoms with Crippen LogP contribution in [0.5, 0.6) is 5.88 Å². The smallest absolute Gasteiger partial charge is 0.310 e. The lowest BCUT2D eigenvalue weighted by Crippen LogP contribution is -2.11. The fourth-order valence-corrected chi connectivity index (χ4v) is 1.85. The number of carbonyl (C=O) groups excluding carboxylic acids is 1. The molecule has 106 valence electrons. The van der Waals surface area contributed by atoms with Crippen LogP contribution in [-0.2, 0) is 21.8 Å². The Labute approximate surface area is 114 Å². The Balaban J connectivity index is 3.18. The SMILES string of the molecule is CCOC(=O)Cc1cc(C(F)F)nc(OC)c1CCl. The Bertz CT molecular complexity index is 455. The van der Waals surface area contributed by atoms with E-state index in [9.17, 15) is 13.6 Å². The summed E-state index contributed by atoms with van der Waals surface area (Å²) in [5.74, 6) is -0.497. The summed E-state index contributed by atoms with van der Waals surface area (Å²) in [4.78, 5) is 15.1. The minimum Gasteiger partial charge on any atom is -0.481 e. The molecule has 0 radical (unpaired) electrons. The molecule has 1 rings (SSSR count). The van der Waals surface area contributed by atoms with Gasteiger partial charge in [-0.1, -0.05) is 0 Å². The van der Waals surface area contributed by atoms with Gasteiger partial charge in [-0.15, -0.1) is 11.6 Å². The fourth-order valence-electron chi connectivity index (χ4n) is 1.57. The Hall–Kier alpha value is -1.43. The molecule has 0 unspecified atom stereocenters. The molecule has 0 atom stereocenters. The number of ether oxygens (including phenoxy) is 2. The van der Waals surface area contributed by atoms with Gasteiger partial charge in [0, 0.05) is 5.56 Å². The largest absolute Gasteiger partial charge is 0.481 e. The zero-order valence-corrected chi connectivity index (χ0v) is 11.3. The highest BCUT2D eigenvalue weighted by molar-refractivity contribution is 6.17. The number of hydrogen-bond acceptors (Lipinski definition) is 4. The fraction of sp³-hybridized carbons (Fsp3) is 0.500. The first kappa shape index (κ1) is 15.6. The molecular formula is C12H14ClF2NO3. The van der Waals surface area contributed by atoms with E-state index in [0.29, 0.717) is 11.1 Å². The number of halogens is 3. The zero-order chi connectivity index (χ0) is 14.4. The van der Waals surface area contributed by atoms with Gasteiger partial charge in [-0.3, -0.25) is 4.79 Å². The van der Waals surface area contributed by atoms with E-state index in [-0.39, 0.29) is 24.8 Å². The van der Waals surface area contributed by atoms with Gasteiger partial charge in [0.1, 0.15) is 5.69 Å². The number of hydrogen-bond donors (Lipinski definition) is 0. The van der Waals surface area contributed by atoms with Crippen LogP contribution in [0.3, 0.4) is 0 Å². The quantitative estimate of drug-likeness (QED) is 0.598. The molecule has 0 aliphatic carbocycles. The molecule has 7 heteroatoms. The topological polar surface area (TPSA) is 48.4 Å². The summed E-state index contributed by atoms with van der Waals surface area (Å²) >= 11 is 5.75. The third-order valence-electron chi connectivity index (χ3n) is 2.39. The van der Waals surface area contributed by atoms with Gasteiger partial charge in [0.05, 0.1) is 26.0 Å². The number of alkyl halides is 3. The summed E-state index contributed by atoms with van der Waals surface area (Å²) in [5, 5.41) is 0. The molecule has 0 aliphatic heterocycles. The lowest BCUT2D eigenvalue weighted by Gasteiger charge is -2.13. The number of pyridine rings is 1. The van der Waals surface area contributed by atoms with Crippen LogP contribution in [-0.4, -0.2) is 24.7 Å². The number of carbonyl (C=O) groups is 1. The van der Waals surface area contributed by atoms with Crippen molar-refractivity contribution in [3.05, 3.63) is 22.9 Å². The van der Waals surface area contributed by atoms with Crippen LogP contribution in [0.25, 0.3) is 0 Å². The molecule has 0 N–H and O–H groups in total. The van der Waals surface area contributed by atoms with Crippen molar-refractivity contribution in [2.24, 2.45) is 0 Å². The van der Waals surface area contributed by atoms with Gasteiger partial charge < -0.3 is 9.47 Å². The lowest BCUT2D eigenvalue weighted by molar-refractivity contribution is -0.142. The van der Waals surface area contributed by atoms with Gasteiger partial charge in [-0.25, -0.2) is 13.8 Å². The minimum atomic E-state index is -2.75. The van der Waals surface area contributed by atoms with E-state index in [1.807, 2.05) is 0 Å². The van der Waals surface area contributed by atoms with Crippen LogP contribution in [0.2, 0.25) is 0 Å². The summed E-state index contributed by atoms with van der Waals surface area (Å²) in [6.45, 7) is 1.89. The van der Waals surface area contributed by atoms with Crippen molar-refractivity contribution in [3.8, 4) is 5.88 Å². The number of nitrogens with zero attached hydrogens (tertiary/aromatic N) is 1. The van der Waals surface area contributed by atoms with Gasteiger partial charge in [0.25, 0.3) is 6.43 Å². The van der Waals surface area contributed by atoms with Crippen molar-refractivity contribution in [1.82, 2.24) is 4.98 Å². The first-order valence-electron chi connectivity index (χ1n) is 5.59. The number of rotatable bonds is 6. The predicted molar refractivity (Wildman–Crippen MR) is 65.6 cm³/mol. The second kappa shape index (κ2) is 7.23. The summed E-state index contributed by atoms with van der Waals surface area (Å²) in [6.07, 6.45) is -2.90. The first-order valence-corrected chi connectivity index (χ1v) is 6.13. The van der Waals surface area contributed by atoms with Crippen molar-refractivity contribution < 1.29 is 23.0 Å². The minimum absolute atomic E-state index is 0.00657. The van der Waals surface area contributed by atoms with Crippen LogP contribution in [0.1, 0.15) is 30.2 Å². The van der Waals surface area contributed by atoms with Crippen LogP contribution < -0.4 is 4.74 Å². The molecule has 0 fully saturated rings. The molecule has 0 saturated heterocycles. The van der Waals surface area contributed by atoms with Crippen molar-refractivity contribution in [1.29, 1.82) is 0 Å². The average molecular weight is 294 g/mol. The maximum atomic E-state index is 12.7. The summed E-state index contributed by atoms with van der Waals surface area (Å²) in [7, 11) is 1.31. The van der Waals surface area contributed by atoms with Gasteiger partial charge in [-0.2, -0.15) is 0 Å². The van der Waals surface area contributed by atoms with E-state index in [4.69, 9.17) is 21.1 Å². The van der Waals surface area contributed by atoms with Crippen molar-refractivity contribution in [2.45, 2.75) is 25.7 Å². The molecule has 1 aromatic heterocycles. The molecule has 4 nitrogen and oxygen atoms in total. The molecule has 1 aromatic rings. The lowest BCUT2D eigenvalue weighted by atomic mass is 10.1.